The van der Waals surface area contributed by atoms with E-state index in [0.717, 1.165) is 17.0 Å². The van der Waals surface area contributed by atoms with Crippen molar-refractivity contribution in [3.8, 4) is 0 Å². The lowest BCUT2D eigenvalue weighted by molar-refractivity contribution is 0.103. The fraction of sp³-hybridized carbons (Fsp3) is 0.333. The van der Waals surface area contributed by atoms with Crippen molar-refractivity contribution in [2.75, 3.05) is 0 Å². The fourth-order valence-corrected chi connectivity index (χ4v) is 2.25. The Hall–Kier alpha value is -1.96. The van der Waals surface area contributed by atoms with E-state index in [1.807, 2.05) is 50.2 Å². The molecule has 1 aromatic heterocycles. The zero-order valence-electron chi connectivity index (χ0n) is 12.8. The van der Waals surface area contributed by atoms with E-state index in [1.165, 1.54) is 5.56 Å². The van der Waals surface area contributed by atoms with Crippen LogP contribution in [0.15, 0.2) is 36.4 Å². The van der Waals surface area contributed by atoms with Crippen LogP contribution in [0.4, 0.5) is 0 Å². The highest BCUT2D eigenvalue weighted by Crippen LogP contribution is 2.23. The molecule has 2 aromatic rings. The average molecular weight is 267 g/mol. The minimum atomic E-state index is 0.0547. The number of aryl methyl sites for hydroxylation is 2. The quantitative estimate of drug-likeness (QED) is 0.762. The Kier molecular flexibility index (Phi) is 3.76. The number of benzene rings is 1. The maximum absolute atomic E-state index is 12.5. The van der Waals surface area contributed by atoms with E-state index in [0.29, 0.717) is 5.56 Å². The second-order valence-electron chi connectivity index (χ2n) is 6.30. The van der Waals surface area contributed by atoms with Crippen LogP contribution in [0.5, 0.6) is 0 Å². The molecular weight excluding hydrogens is 246 g/mol. The largest absolute Gasteiger partial charge is 0.289 e. The summed E-state index contributed by atoms with van der Waals surface area (Å²) >= 11 is 0. The van der Waals surface area contributed by atoms with Gasteiger partial charge in [-0.25, -0.2) is 0 Å². The minimum Gasteiger partial charge on any atom is -0.289 e. The van der Waals surface area contributed by atoms with Crippen LogP contribution >= 0.6 is 0 Å². The molecule has 0 fully saturated rings. The van der Waals surface area contributed by atoms with Gasteiger partial charge in [0, 0.05) is 22.5 Å². The summed E-state index contributed by atoms with van der Waals surface area (Å²) in [5.41, 5.74) is 4.52. The Bertz CT molecular complexity index is 613. The number of rotatable bonds is 2. The number of nitrogens with zero attached hydrogens (tertiary/aromatic N) is 1. The van der Waals surface area contributed by atoms with Crippen LogP contribution in [0.1, 0.15) is 53.6 Å². The summed E-state index contributed by atoms with van der Waals surface area (Å²) < 4.78 is 0. The van der Waals surface area contributed by atoms with Gasteiger partial charge in [-0.15, -0.1) is 0 Å². The Morgan fingerprint density at radius 2 is 1.40 bits per heavy atom. The molecule has 0 aliphatic heterocycles. The normalized spacial score (nSPS) is 11.4. The van der Waals surface area contributed by atoms with Crippen molar-refractivity contribution < 1.29 is 4.79 Å². The lowest BCUT2D eigenvalue weighted by Gasteiger charge is -2.19. The van der Waals surface area contributed by atoms with Crippen LogP contribution < -0.4 is 0 Å². The Balaban J connectivity index is 2.34. The third-order valence-corrected chi connectivity index (χ3v) is 3.36. The van der Waals surface area contributed by atoms with Crippen molar-refractivity contribution >= 4 is 5.78 Å². The van der Waals surface area contributed by atoms with Crippen LogP contribution in [0.2, 0.25) is 0 Å². The number of carbonyl (C=O) groups is 1. The van der Waals surface area contributed by atoms with Gasteiger partial charge >= 0.3 is 0 Å². The number of hydrogen-bond donors (Lipinski definition) is 0. The van der Waals surface area contributed by atoms with Crippen molar-refractivity contribution in [2.24, 2.45) is 0 Å². The first-order valence-corrected chi connectivity index (χ1v) is 6.88. The molecule has 0 radical (unpaired) electrons. The molecule has 0 N–H and O–H groups in total. The van der Waals surface area contributed by atoms with Crippen molar-refractivity contribution in [2.45, 2.75) is 40.0 Å². The summed E-state index contributed by atoms with van der Waals surface area (Å²) in [6.45, 7) is 10.3. The molecule has 2 nitrogen and oxygen atoms in total. The predicted octanol–water partition coefficient (Wildman–Crippen LogP) is 4.23. The van der Waals surface area contributed by atoms with Gasteiger partial charge < -0.3 is 0 Å². The predicted molar refractivity (Wildman–Crippen MR) is 82.3 cm³/mol. The van der Waals surface area contributed by atoms with Crippen LogP contribution in [0.25, 0.3) is 0 Å². The molecule has 0 amide bonds. The monoisotopic (exact) mass is 267 g/mol. The molecule has 1 heterocycles. The minimum absolute atomic E-state index is 0.0547. The fourth-order valence-electron chi connectivity index (χ4n) is 2.25. The van der Waals surface area contributed by atoms with Crippen LogP contribution in [0, 0.1) is 13.8 Å². The zero-order chi connectivity index (χ0) is 14.9. The number of hydrogen-bond acceptors (Lipinski definition) is 2. The number of aromatic nitrogens is 1. The van der Waals surface area contributed by atoms with Gasteiger partial charge in [0.2, 0.25) is 0 Å². The third kappa shape index (κ3) is 3.13. The van der Waals surface area contributed by atoms with Crippen molar-refractivity contribution in [1.82, 2.24) is 4.98 Å². The summed E-state index contributed by atoms with van der Waals surface area (Å²) in [6.07, 6.45) is 0. The highest BCUT2D eigenvalue weighted by atomic mass is 16.1. The van der Waals surface area contributed by atoms with Crippen LogP contribution in [-0.4, -0.2) is 10.8 Å². The van der Waals surface area contributed by atoms with Gasteiger partial charge in [0.15, 0.2) is 5.78 Å². The molecule has 0 aliphatic carbocycles. The number of carbonyl (C=O) groups excluding carboxylic acids is 1. The third-order valence-electron chi connectivity index (χ3n) is 3.36. The van der Waals surface area contributed by atoms with Crippen molar-refractivity contribution in [1.29, 1.82) is 0 Å². The molecule has 0 bridgehead atoms. The lowest BCUT2D eigenvalue weighted by Crippen LogP contribution is -2.11. The van der Waals surface area contributed by atoms with Crippen LogP contribution in [0.3, 0.4) is 0 Å². The molecule has 0 aliphatic rings. The number of ketones is 1. The summed E-state index contributed by atoms with van der Waals surface area (Å²) in [6, 6.07) is 11.6. The number of pyridine rings is 1. The second-order valence-corrected chi connectivity index (χ2v) is 6.30. The van der Waals surface area contributed by atoms with Gasteiger partial charge in [0.05, 0.1) is 0 Å². The summed E-state index contributed by atoms with van der Waals surface area (Å²) in [5, 5.41) is 0. The van der Waals surface area contributed by atoms with E-state index in [2.05, 4.69) is 25.8 Å². The first-order valence-electron chi connectivity index (χ1n) is 6.88. The van der Waals surface area contributed by atoms with Crippen LogP contribution in [-0.2, 0) is 5.41 Å². The van der Waals surface area contributed by atoms with E-state index in [4.69, 9.17) is 0 Å². The van der Waals surface area contributed by atoms with Gasteiger partial charge in [-0.1, -0.05) is 45.0 Å². The van der Waals surface area contributed by atoms with Crippen molar-refractivity contribution in [3.05, 3.63) is 64.5 Å². The summed E-state index contributed by atoms with van der Waals surface area (Å²) in [7, 11) is 0. The molecule has 1 aromatic carbocycles. The lowest BCUT2D eigenvalue weighted by atomic mass is 9.86. The highest BCUT2D eigenvalue weighted by molar-refractivity contribution is 6.09. The molecule has 104 valence electrons. The average Bonchev–Trinajstić information content (AvgIpc) is 2.36. The standard InChI is InChI=1S/C18H21NO/c1-12-10-15(11-13(2)19-12)17(20)14-6-8-16(9-7-14)18(3,4)5/h6-11H,1-5H3. The molecule has 0 unspecified atom stereocenters. The SMILES string of the molecule is Cc1cc(C(=O)c2ccc(C(C)(C)C)cc2)cc(C)n1. The first-order chi connectivity index (χ1) is 9.27. The summed E-state index contributed by atoms with van der Waals surface area (Å²) in [5.74, 6) is 0.0547. The van der Waals surface area contributed by atoms with E-state index in [-0.39, 0.29) is 11.2 Å². The summed E-state index contributed by atoms with van der Waals surface area (Å²) in [4.78, 5) is 16.8. The molecule has 0 saturated carbocycles. The van der Waals surface area contributed by atoms with E-state index < -0.39 is 0 Å². The Morgan fingerprint density at radius 3 is 1.85 bits per heavy atom. The second kappa shape index (κ2) is 5.20. The molecule has 0 spiro atoms. The van der Waals surface area contributed by atoms with Gasteiger partial charge in [-0.2, -0.15) is 0 Å². The molecule has 20 heavy (non-hydrogen) atoms. The van der Waals surface area contributed by atoms with Crippen molar-refractivity contribution in [3.63, 3.8) is 0 Å². The van der Waals surface area contributed by atoms with E-state index in [9.17, 15) is 4.79 Å². The van der Waals surface area contributed by atoms with Gasteiger partial charge in [0.25, 0.3) is 0 Å². The molecule has 2 rings (SSSR count). The van der Waals surface area contributed by atoms with E-state index in [1.54, 1.807) is 0 Å². The topological polar surface area (TPSA) is 30.0 Å². The Labute approximate surface area is 120 Å². The molecular formula is C18H21NO. The highest BCUT2D eigenvalue weighted by Gasteiger charge is 2.15. The molecule has 2 heteroatoms. The maximum atomic E-state index is 12.5. The first kappa shape index (κ1) is 14.4. The smallest absolute Gasteiger partial charge is 0.193 e. The Morgan fingerprint density at radius 1 is 0.900 bits per heavy atom. The van der Waals surface area contributed by atoms with Gasteiger partial charge in [0.1, 0.15) is 0 Å². The zero-order valence-corrected chi connectivity index (χ0v) is 12.8. The molecule has 0 saturated heterocycles. The van der Waals surface area contributed by atoms with E-state index >= 15 is 0 Å². The molecule has 0 atom stereocenters. The maximum Gasteiger partial charge on any atom is 0.193 e. The van der Waals surface area contributed by atoms with Gasteiger partial charge in [-0.05, 0) is 37.0 Å². The van der Waals surface area contributed by atoms with Gasteiger partial charge in [-0.3, -0.25) is 9.78 Å².